The molecule has 3 heteroatoms. The van der Waals surface area contributed by atoms with Crippen molar-refractivity contribution in [2.75, 3.05) is 19.7 Å². The van der Waals surface area contributed by atoms with E-state index < -0.39 is 0 Å². The third-order valence-electron chi connectivity index (χ3n) is 3.71. The second-order valence-electron chi connectivity index (χ2n) is 5.68. The number of rotatable bonds is 14. The summed E-state index contributed by atoms with van der Waals surface area (Å²) in [6, 6.07) is 0. The molecule has 0 radical (unpaired) electrons. The molecule has 0 saturated carbocycles. The van der Waals surface area contributed by atoms with E-state index in [-0.39, 0.29) is 12.5 Å². The molecular formula is C17H35NO2. The quantitative estimate of drug-likeness (QED) is 0.487. The van der Waals surface area contributed by atoms with Gasteiger partial charge in [0.15, 0.2) is 0 Å². The molecule has 0 aromatic carbocycles. The fraction of sp³-hybridized carbons (Fsp3) is 0.941. The molecule has 0 aliphatic rings. The first-order chi connectivity index (χ1) is 9.76. The number of amides is 1. The molecule has 0 aliphatic heterocycles. The maximum atomic E-state index is 12.2. The molecule has 0 atom stereocenters. The summed E-state index contributed by atoms with van der Waals surface area (Å²) in [6.45, 7) is 6.46. The van der Waals surface area contributed by atoms with Crippen LogP contribution >= 0.6 is 0 Å². The van der Waals surface area contributed by atoms with Crippen LogP contribution in [-0.4, -0.2) is 35.6 Å². The molecule has 1 amide bonds. The van der Waals surface area contributed by atoms with E-state index in [1.54, 1.807) is 0 Å². The van der Waals surface area contributed by atoms with Crippen LogP contribution in [0.3, 0.4) is 0 Å². The Morgan fingerprint density at radius 1 is 0.800 bits per heavy atom. The van der Waals surface area contributed by atoms with Crippen LogP contribution in [0.1, 0.15) is 84.5 Å². The topological polar surface area (TPSA) is 40.5 Å². The van der Waals surface area contributed by atoms with E-state index in [1.165, 1.54) is 38.5 Å². The smallest absolute Gasteiger partial charge is 0.222 e. The molecular weight excluding hydrogens is 250 g/mol. The molecule has 1 N–H and O–H groups in total. The number of hydrogen-bond donors (Lipinski definition) is 1. The molecule has 120 valence electrons. The predicted molar refractivity (Wildman–Crippen MR) is 85.8 cm³/mol. The molecule has 0 unspecified atom stereocenters. The van der Waals surface area contributed by atoms with Gasteiger partial charge in [-0.3, -0.25) is 4.79 Å². The van der Waals surface area contributed by atoms with Crippen molar-refractivity contribution in [1.82, 2.24) is 4.90 Å². The molecule has 0 saturated heterocycles. The Morgan fingerprint density at radius 3 is 1.80 bits per heavy atom. The summed E-state index contributed by atoms with van der Waals surface area (Å²) < 4.78 is 0. The number of carbonyl (C=O) groups excluding carboxylic acids is 1. The predicted octanol–water partition coefficient (Wildman–Crippen LogP) is 4.14. The normalized spacial score (nSPS) is 10.8. The first-order valence-corrected chi connectivity index (χ1v) is 8.64. The van der Waals surface area contributed by atoms with Crippen molar-refractivity contribution in [3.05, 3.63) is 0 Å². The highest BCUT2D eigenvalue weighted by atomic mass is 16.3. The summed E-state index contributed by atoms with van der Waals surface area (Å²) in [7, 11) is 0. The zero-order chi connectivity index (χ0) is 15.1. The van der Waals surface area contributed by atoms with Crippen LogP contribution in [0.25, 0.3) is 0 Å². The molecule has 0 fully saturated rings. The maximum Gasteiger partial charge on any atom is 0.222 e. The van der Waals surface area contributed by atoms with Gasteiger partial charge in [-0.25, -0.2) is 0 Å². The average molecular weight is 285 g/mol. The molecule has 0 bridgehead atoms. The average Bonchev–Trinajstić information content (AvgIpc) is 2.45. The van der Waals surface area contributed by atoms with Gasteiger partial charge in [-0.2, -0.15) is 0 Å². The van der Waals surface area contributed by atoms with Crippen molar-refractivity contribution >= 4 is 5.91 Å². The minimum atomic E-state index is 0.195. The van der Waals surface area contributed by atoms with E-state index in [0.29, 0.717) is 6.42 Å². The van der Waals surface area contributed by atoms with Gasteiger partial charge in [-0.1, -0.05) is 52.4 Å². The van der Waals surface area contributed by atoms with Crippen LogP contribution in [0.4, 0.5) is 0 Å². The maximum absolute atomic E-state index is 12.2. The van der Waals surface area contributed by atoms with Crippen LogP contribution in [0.15, 0.2) is 0 Å². The minimum Gasteiger partial charge on any atom is -0.396 e. The Kier molecular flexibility index (Phi) is 14.4. The van der Waals surface area contributed by atoms with Gasteiger partial charge in [-0.15, -0.1) is 0 Å². The molecule has 3 nitrogen and oxygen atoms in total. The van der Waals surface area contributed by atoms with Crippen molar-refractivity contribution in [1.29, 1.82) is 0 Å². The Hall–Kier alpha value is -0.570. The number of carbonyl (C=O) groups is 1. The first kappa shape index (κ1) is 19.4. The van der Waals surface area contributed by atoms with Crippen LogP contribution in [0.5, 0.6) is 0 Å². The lowest BCUT2D eigenvalue weighted by atomic mass is 10.1. The van der Waals surface area contributed by atoms with Crippen molar-refractivity contribution in [2.24, 2.45) is 0 Å². The van der Waals surface area contributed by atoms with Gasteiger partial charge >= 0.3 is 0 Å². The number of nitrogens with zero attached hydrogens (tertiary/aromatic N) is 1. The molecule has 20 heavy (non-hydrogen) atoms. The first-order valence-electron chi connectivity index (χ1n) is 8.64. The third kappa shape index (κ3) is 11.3. The van der Waals surface area contributed by atoms with Gasteiger partial charge in [-0.05, 0) is 25.7 Å². The van der Waals surface area contributed by atoms with Gasteiger partial charge < -0.3 is 10.0 Å². The van der Waals surface area contributed by atoms with Gasteiger partial charge in [0.25, 0.3) is 0 Å². The van der Waals surface area contributed by atoms with Crippen molar-refractivity contribution in [3.63, 3.8) is 0 Å². The minimum absolute atomic E-state index is 0.195. The Bertz CT molecular complexity index is 207. The number of hydrogen-bond acceptors (Lipinski definition) is 2. The van der Waals surface area contributed by atoms with E-state index in [9.17, 15) is 4.79 Å². The van der Waals surface area contributed by atoms with Gasteiger partial charge in [0.05, 0.1) is 0 Å². The second kappa shape index (κ2) is 14.8. The van der Waals surface area contributed by atoms with E-state index in [2.05, 4.69) is 18.7 Å². The lowest BCUT2D eigenvalue weighted by Crippen LogP contribution is -2.32. The summed E-state index contributed by atoms with van der Waals surface area (Å²) in [4.78, 5) is 14.2. The largest absolute Gasteiger partial charge is 0.396 e. The molecule has 0 heterocycles. The van der Waals surface area contributed by atoms with Crippen molar-refractivity contribution < 1.29 is 9.90 Å². The fourth-order valence-electron chi connectivity index (χ4n) is 2.37. The van der Waals surface area contributed by atoms with E-state index >= 15 is 0 Å². The van der Waals surface area contributed by atoms with Crippen molar-refractivity contribution in [3.8, 4) is 0 Å². The van der Waals surface area contributed by atoms with E-state index in [4.69, 9.17) is 5.11 Å². The highest BCUT2D eigenvalue weighted by Gasteiger charge is 2.12. The van der Waals surface area contributed by atoms with Crippen LogP contribution in [0.2, 0.25) is 0 Å². The molecule has 0 rings (SSSR count). The molecule has 0 aliphatic carbocycles. The van der Waals surface area contributed by atoms with Gasteiger partial charge in [0, 0.05) is 26.1 Å². The lowest BCUT2D eigenvalue weighted by molar-refractivity contribution is -0.131. The third-order valence-corrected chi connectivity index (χ3v) is 3.71. The SMILES string of the molecule is CCCCCCN(CCCCCC)C(=O)CCCCO. The van der Waals surface area contributed by atoms with Gasteiger partial charge in [0.1, 0.15) is 0 Å². The molecule has 0 aromatic rings. The Morgan fingerprint density at radius 2 is 1.35 bits per heavy atom. The summed E-state index contributed by atoms with van der Waals surface area (Å²) in [5, 5.41) is 8.79. The summed E-state index contributed by atoms with van der Waals surface area (Å²) in [5.41, 5.74) is 0. The zero-order valence-corrected chi connectivity index (χ0v) is 13.7. The summed E-state index contributed by atoms with van der Waals surface area (Å²) in [6.07, 6.45) is 11.9. The number of unbranched alkanes of at least 4 members (excludes halogenated alkanes) is 7. The fourth-order valence-corrected chi connectivity index (χ4v) is 2.37. The summed E-state index contributed by atoms with van der Waals surface area (Å²) in [5.74, 6) is 0.284. The highest BCUT2D eigenvalue weighted by Crippen LogP contribution is 2.08. The van der Waals surface area contributed by atoms with Crippen LogP contribution in [0, 0.1) is 0 Å². The molecule has 0 spiro atoms. The Labute approximate surface area is 125 Å². The van der Waals surface area contributed by atoms with E-state index in [0.717, 1.165) is 38.8 Å². The standard InChI is InChI=1S/C17H35NO2/c1-3-5-7-10-14-18(15-11-8-6-4-2)17(20)13-9-12-16-19/h19H,3-16H2,1-2H3. The monoisotopic (exact) mass is 285 g/mol. The highest BCUT2D eigenvalue weighted by molar-refractivity contribution is 5.76. The zero-order valence-electron chi connectivity index (χ0n) is 13.7. The van der Waals surface area contributed by atoms with Gasteiger partial charge in [0.2, 0.25) is 5.91 Å². The molecule has 0 aromatic heterocycles. The lowest BCUT2D eigenvalue weighted by Gasteiger charge is -2.23. The van der Waals surface area contributed by atoms with E-state index in [1.807, 2.05) is 0 Å². The van der Waals surface area contributed by atoms with Crippen molar-refractivity contribution in [2.45, 2.75) is 84.5 Å². The second-order valence-corrected chi connectivity index (χ2v) is 5.68. The Balaban J connectivity index is 3.98. The summed E-state index contributed by atoms with van der Waals surface area (Å²) >= 11 is 0. The number of aliphatic hydroxyl groups is 1. The number of aliphatic hydroxyl groups excluding tert-OH is 1. The van der Waals surface area contributed by atoms with Crippen LogP contribution < -0.4 is 0 Å². The van der Waals surface area contributed by atoms with Crippen LogP contribution in [-0.2, 0) is 4.79 Å².